The van der Waals surface area contributed by atoms with E-state index in [4.69, 9.17) is 0 Å². The molecule has 1 atom stereocenters. The first kappa shape index (κ1) is 15.3. The van der Waals surface area contributed by atoms with Crippen molar-refractivity contribution in [2.24, 2.45) is 0 Å². The van der Waals surface area contributed by atoms with Crippen molar-refractivity contribution in [3.8, 4) is 0 Å². The second kappa shape index (κ2) is 6.14. The molecule has 4 nitrogen and oxygen atoms in total. The van der Waals surface area contributed by atoms with Crippen molar-refractivity contribution in [2.75, 3.05) is 31.7 Å². The second-order valence-corrected chi connectivity index (χ2v) is 7.78. The molecule has 1 aliphatic rings. The van der Waals surface area contributed by atoms with Crippen molar-refractivity contribution >= 4 is 15.5 Å². The quantitative estimate of drug-likeness (QED) is 0.926. The molecular formula is C15H24N2O2S. The van der Waals surface area contributed by atoms with Crippen LogP contribution in [0, 0.1) is 6.92 Å². The predicted molar refractivity (Wildman–Crippen MR) is 83.0 cm³/mol. The highest BCUT2D eigenvalue weighted by Crippen LogP contribution is 2.21. The smallest absolute Gasteiger partial charge is 0.175 e. The number of benzene rings is 1. The van der Waals surface area contributed by atoms with Crippen LogP contribution in [0.4, 0.5) is 5.69 Å². The molecule has 2 rings (SSSR count). The van der Waals surface area contributed by atoms with Crippen molar-refractivity contribution in [3.63, 3.8) is 0 Å². The molecule has 1 N–H and O–H groups in total. The minimum Gasteiger partial charge on any atom is -0.383 e. The van der Waals surface area contributed by atoms with E-state index in [0.29, 0.717) is 10.9 Å². The number of piperidine rings is 1. The van der Waals surface area contributed by atoms with Gasteiger partial charge in [0.2, 0.25) is 0 Å². The third-order valence-corrected chi connectivity index (χ3v) is 5.20. The van der Waals surface area contributed by atoms with Crippen molar-refractivity contribution in [1.82, 2.24) is 4.90 Å². The van der Waals surface area contributed by atoms with E-state index in [1.807, 2.05) is 13.0 Å². The van der Waals surface area contributed by atoms with Crippen LogP contribution in [0.3, 0.4) is 0 Å². The highest BCUT2D eigenvalue weighted by molar-refractivity contribution is 7.90. The van der Waals surface area contributed by atoms with Gasteiger partial charge in [-0.25, -0.2) is 8.42 Å². The summed E-state index contributed by atoms with van der Waals surface area (Å²) in [6, 6.07) is 5.81. The van der Waals surface area contributed by atoms with E-state index in [1.165, 1.54) is 25.5 Å². The summed E-state index contributed by atoms with van der Waals surface area (Å²) in [5.41, 5.74) is 2.00. The molecule has 1 heterocycles. The monoisotopic (exact) mass is 296 g/mol. The Morgan fingerprint density at radius 1 is 1.35 bits per heavy atom. The van der Waals surface area contributed by atoms with Crippen LogP contribution in [0.25, 0.3) is 0 Å². The minimum atomic E-state index is -3.15. The van der Waals surface area contributed by atoms with E-state index in [0.717, 1.165) is 24.3 Å². The highest BCUT2D eigenvalue weighted by Gasteiger charge is 2.18. The lowest BCUT2D eigenvalue weighted by molar-refractivity contribution is 0.194. The van der Waals surface area contributed by atoms with E-state index < -0.39 is 9.84 Å². The summed E-state index contributed by atoms with van der Waals surface area (Å²) in [6.07, 6.45) is 5.00. The fourth-order valence-corrected chi connectivity index (χ4v) is 3.30. The molecule has 0 aliphatic carbocycles. The number of nitrogens with one attached hydrogen (secondary N) is 1. The number of hydrogen-bond acceptors (Lipinski definition) is 4. The van der Waals surface area contributed by atoms with Gasteiger partial charge in [0.15, 0.2) is 9.84 Å². The molecule has 112 valence electrons. The number of likely N-dealkylation sites (N-methyl/N-ethyl adjacent to an activating group) is 1. The predicted octanol–water partition coefficient (Wildman–Crippen LogP) is 2.29. The number of likely N-dealkylation sites (tertiary alicyclic amines) is 1. The van der Waals surface area contributed by atoms with Gasteiger partial charge in [0.25, 0.3) is 0 Å². The van der Waals surface area contributed by atoms with E-state index in [2.05, 4.69) is 17.3 Å². The molecule has 1 fully saturated rings. The maximum absolute atomic E-state index is 11.6. The van der Waals surface area contributed by atoms with Crippen LogP contribution < -0.4 is 5.32 Å². The van der Waals surface area contributed by atoms with Crippen molar-refractivity contribution < 1.29 is 8.42 Å². The van der Waals surface area contributed by atoms with Crippen LogP contribution in [0.5, 0.6) is 0 Å². The van der Waals surface area contributed by atoms with Gasteiger partial charge in [-0.15, -0.1) is 0 Å². The Balaban J connectivity index is 2.09. The maximum atomic E-state index is 11.6. The van der Waals surface area contributed by atoms with Crippen molar-refractivity contribution in [1.29, 1.82) is 0 Å². The summed E-state index contributed by atoms with van der Waals surface area (Å²) in [5, 5.41) is 3.42. The number of sulfone groups is 1. The largest absolute Gasteiger partial charge is 0.383 e. The molecule has 0 radical (unpaired) electrons. The lowest BCUT2D eigenvalue weighted by Crippen LogP contribution is -2.40. The molecule has 1 aliphatic heterocycles. The van der Waals surface area contributed by atoms with E-state index in [1.54, 1.807) is 12.1 Å². The fourth-order valence-electron chi connectivity index (χ4n) is 2.65. The molecule has 0 amide bonds. The summed E-state index contributed by atoms with van der Waals surface area (Å²) in [7, 11) is -0.988. The Hall–Kier alpha value is -1.07. The van der Waals surface area contributed by atoms with E-state index in [9.17, 15) is 8.42 Å². The molecule has 1 saturated heterocycles. The molecular weight excluding hydrogens is 272 g/mol. The molecule has 5 heteroatoms. The Morgan fingerprint density at radius 2 is 2.10 bits per heavy atom. The van der Waals surface area contributed by atoms with Crippen molar-refractivity contribution in [2.45, 2.75) is 37.1 Å². The van der Waals surface area contributed by atoms with Gasteiger partial charge >= 0.3 is 0 Å². The van der Waals surface area contributed by atoms with Gasteiger partial charge in [0, 0.05) is 24.5 Å². The standard InChI is InChI=1S/C15H24N2O2S/c1-12-7-8-14(20(3,18)19)10-15(12)16-11-13-6-4-5-9-17(13)2/h7-8,10,13,16H,4-6,9,11H2,1-3H3. The van der Waals surface area contributed by atoms with Gasteiger partial charge < -0.3 is 10.2 Å². The zero-order valence-electron chi connectivity index (χ0n) is 12.5. The van der Waals surface area contributed by atoms with Gasteiger partial charge in [-0.05, 0) is 51.1 Å². The average molecular weight is 296 g/mol. The van der Waals surface area contributed by atoms with Crippen LogP contribution in [-0.2, 0) is 9.84 Å². The lowest BCUT2D eigenvalue weighted by atomic mass is 10.0. The topological polar surface area (TPSA) is 49.4 Å². The number of rotatable bonds is 4. The number of anilines is 1. The van der Waals surface area contributed by atoms with Gasteiger partial charge in [-0.3, -0.25) is 0 Å². The summed E-state index contributed by atoms with van der Waals surface area (Å²) < 4.78 is 23.2. The lowest BCUT2D eigenvalue weighted by Gasteiger charge is -2.33. The average Bonchev–Trinajstić information content (AvgIpc) is 2.38. The first-order valence-electron chi connectivity index (χ1n) is 7.13. The minimum absolute atomic E-state index is 0.377. The molecule has 1 aromatic carbocycles. The molecule has 20 heavy (non-hydrogen) atoms. The molecule has 1 aromatic rings. The van der Waals surface area contributed by atoms with Gasteiger partial charge in [0.1, 0.15) is 0 Å². The second-order valence-electron chi connectivity index (χ2n) is 5.76. The summed E-state index contributed by atoms with van der Waals surface area (Å²) >= 11 is 0. The van der Waals surface area contributed by atoms with Gasteiger partial charge in [-0.2, -0.15) is 0 Å². The van der Waals surface area contributed by atoms with Crippen LogP contribution in [0.2, 0.25) is 0 Å². The Labute approximate surface area is 122 Å². The molecule has 0 bridgehead atoms. The summed E-state index contributed by atoms with van der Waals surface area (Å²) in [4.78, 5) is 2.76. The SMILES string of the molecule is Cc1ccc(S(C)(=O)=O)cc1NCC1CCCCN1C. The van der Waals surface area contributed by atoms with E-state index in [-0.39, 0.29) is 0 Å². The molecule has 0 saturated carbocycles. The summed E-state index contributed by atoms with van der Waals surface area (Å²) in [5.74, 6) is 0. The van der Waals surface area contributed by atoms with Gasteiger partial charge in [-0.1, -0.05) is 12.5 Å². The van der Waals surface area contributed by atoms with Crippen LogP contribution in [-0.4, -0.2) is 45.8 Å². The first-order chi connectivity index (χ1) is 9.38. The summed E-state index contributed by atoms with van der Waals surface area (Å²) in [6.45, 7) is 4.01. The van der Waals surface area contributed by atoms with Crippen molar-refractivity contribution in [3.05, 3.63) is 23.8 Å². The Morgan fingerprint density at radius 3 is 2.75 bits per heavy atom. The van der Waals surface area contributed by atoms with Crippen LogP contribution >= 0.6 is 0 Å². The maximum Gasteiger partial charge on any atom is 0.175 e. The van der Waals surface area contributed by atoms with E-state index >= 15 is 0 Å². The molecule has 1 unspecified atom stereocenters. The number of hydrogen-bond donors (Lipinski definition) is 1. The normalized spacial score (nSPS) is 20.9. The number of nitrogens with zero attached hydrogens (tertiary/aromatic N) is 1. The van der Waals surface area contributed by atoms with Crippen LogP contribution in [0.1, 0.15) is 24.8 Å². The zero-order valence-corrected chi connectivity index (χ0v) is 13.3. The number of aryl methyl sites for hydroxylation is 1. The Bertz CT molecular complexity index is 569. The third kappa shape index (κ3) is 3.73. The highest BCUT2D eigenvalue weighted by atomic mass is 32.2. The Kier molecular flexibility index (Phi) is 4.70. The third-order valence-electron chi connectivity index (χ3n) is 4.09. The van der Waals surface area contributed by atoms with Gasteiger partial charge in [0.05, 0.1) is 4.90 Å². The fraction of sp³-hybridized carbons (Fsp3) is 0.600. The van der Waals surface area contributed by atoms with Crippen LogP contribution in [0.15, 0.2) is 23.1 Å². The molecule has 0 spiro atoms. The first-order valence-corrected chi connectivity index (χ1v) is 9.02. The molecule has 0 aromatic heterocycles. The zero-order chi connectivity index (χ0) is 14.8.